The van der Waals surface area contributed by atoms with E-state index < -0.39 is 0 Å². The first-order chi connectivity index (χ1) is 14.2. The number of para-hydroxylation sites is 2. The van der Waals surface area contributed by atoms with Crippen molar-refractivity contribution in [3.63, 3.8) is 0 Å². The molecule has 1 N–H and O–H groups in total. The molecule has 0 amide bonds. The normalized spacial score (nSPS) is 10.2. The van der Waals surface area contributed by atoms with Crippen LogP contribution in [0.15, 0.2) is 83.9 Å². The zero-order valence-electron chi connectivity index (χ0n) is 16.9. The zero-order chi connectivity index (χ0) is 20.6. The molecule has 4 aromatic rings. The minimum absolute atomic E-state index is 0.0821. The maximum atomic E-state index is 12.9. The Labute approximate surface area is 170 Å². The molecule has 0 aliphatic rings. The Balaban J connectivity index is 0.00000117. The van der Waals surface area contributed by atoms with Crippen LogP contribution in [0.5, 0.6) is 5.75 Å². The van der Waals surface area contributed by atoms with Crippen molar-refractivity contribution in [1.82, 2.24) is 9.55 Å². The number of hydrogen-bond donors (Lipinski definition) is 1. The highest BCUT2D eigenvalue weighted by molar-refractivity contribution is 5.77. The molecule has 29 heavy (non-hydrogen) atoms. The van der Waals surface area contributed by atoms with E-state index in [1.807, 2.05) is 87.5 Å². The highest BCUT2D eigenvalue weighted by Crippen LogP contribution is 2.19. The van der Waals surface area contributed by atoms with Gasteiger partial charge in [0, 0.05) is 5.69 Å². The average Bonchev–Trinajstić information content (AvgIpc) is 2.78. The van der Waals surface area contributed by atoms with Crippen LogP contribution in [-0.4, -0.2) is 16.3 Å². The third-order valence-electron chi connectivity index (χ3n) is 4.39. The molecule has 0 radical (unpaired) electrons. The molecule has 0 saturated carbocycles. The van der Waals surface area contributed by atoms with E-state index in [0.717, 1.165) is 22.7 Å². The van der Waals surface area contributed by atoms with E-state index in [1.165, 1.54) is 0 Å². The number of nitrogens with one attached hydrogen (secondary N) is 1. The summed E-state index contributed by atoms with van der Waals surface area (Å²) >= 11 is 0. The van der Waals surface area contributed by atoms with Crippen molar-refractivity contribution in [3.8, 4) is 11.4 Å². The highest BCUT2D eigenvalue weighted by atomic mass is 16.5. The Hall–Kier alpha value is -3.60. The van der Waals surface area contributed by atoms with E-state index in [-0.39, 0.29) is 5.56 Å². The van der Waals surface area contributed by atoms with E-state index in [1.54, 1.807) is 17.0 Å². The summed E-state index contributed by atoms with van der Waals surface area (Å²) in [7, 11) is 0. The van der Waals surface area contributed by atoms with Gasteiger partial charge >= 0.3 is 0 Å². The van der Waals surface area contributed by atoms with Gasteiger partial charge in [0.05, 0.1) is 16.6 Å². The second-order valence-electron chi connectivity index (χ2n) is 6.22. The van der Waals surface area contributed by atoms with Crippen molar-refractivity contribution in [1.29, 1.82) is 0 Å². The quantitative estimate of drug-likeness (QED) is 0.480. The molecule has 0 aliphatic carbocycles. The third-order valence-corrected chi connectivity index (χ3v) is 4.39. The fourth-order valence-electron chi connectivity index (χ4n) is 2.94. The molecule has 0 unspecified atom stereocenters. The highest BCUT2D eigenvalue weighted by Gasteiger charge is 2.08. The molecule has 5 heteroatoms. The molecule has 1 heterocycles. The molecular formula is C24H25N3O2. The van der Waals surface area contributed by atoms with Crippen molar-refractivity contribution in [2.75, 3.05) is 12.0 Å². The first kappa shape index (κ1) is 20.1. The predicted octanol–water partition coefficient (Wildman–Crippen LogP) is 5.17. The summed E-state index contributed by atoms with van der Waals surface area (Å²) in [5.41, 5.74) is 3.27. The number of aryl methyl sites for hydroxylation is 1. The standard InChI is InChI=1S/C22H19N3O2.C2H6/c1-16-11-12-17(24-15-27-18-7-3-2-4-8-18)13-21(16)25-14-23-20-10-6-5-9-19(20)22(25)26;1-2/h2-14,24H,15H2,1H3;1-2H3. The number of benzene rings is 3. The molecule has 0 spiro atoms. The molecule has 148 valence electrons. The molecule has 0 saturated heterocycles. The van der Waals surface area contributed by atoms with Gasteiger partial charge in [0.2, 0.25) is 0 Å². The van der Waals surface area contributed by atoms with Crippen LogP contribution in [0.4, 0.5) is 5.69 Å². The van der Waals surface area contributed by atoms with Gasteiger partial charge in [-0.1, -0.05) is 50.2 Å². The summed E-state index contributed by atoms with van der Waals surface area (Å²) in [6, 6.07) is 22.8. The van der Waals surface area contributed by atoms with Crippen LogP contribution in [0.1, 0.15) is 19.4 Å². The Bertz CT molecular complexity index is 1140. The van der Waals surface area contributed by atoms with Gasteiger partial charge in [-0.25, -0.2) is 4.98 Å². The van der Waals surface area contributed by atoms with Gasteiger partial charge in [0.1, 0.15) is 12.1 Å². The number of aromatic nitrogens is 2. The van der Waals surface area contributed by atoms with E-state index in [4.69, 9.17) is 4.74 Å². The fourth-order valence-corrected chi connectivity index (χ4v) is 2.94. The van der Waals surface area contributed by atoms with Gasteiger partial charge in [0.15, 0.2) is 6.73 Å². The van der Waals surface area contributed by atoms with Crippen molar-refractivity contribution in [2.45, 2.75) is 20.8 Å². The second kappa shape index (κ2) is 9.55. The Morgan fingerprint density at radius 1 is 0.966 bits per heavy atom. The maximum Gasteiger partial charge on any atom is 0.265 e. The SMILES string of the molecule is CC.Cc1ccc(NCOc2ccccc2)cc1-n1cnc2ccccc2c1=O. The number of rotatable bonds is 5. The summed E-state index contributed by atoms with van der Waals surface area (Å²) in [4.78, 5) is 17.3. The number of fused-ring (bicyclic) bond motifs is 1. The van der Waals surface area contributed by atoms with Crippen LogP contribution >= 0.6 is 0 Å². The molecule has 0 aliphatic heterocycles. The Morgan fingerprint density at radius 2 is 1.69 bits per heavy atom. The second-order valence-corrected chi connectivity index (χ2v) is 6.22. The van der Waals surface area contributed by atoms with Gasteiger partial charge < -0.3 is 10.1 Å². The van der Waals surface area contributed by atoms with E-state index in [9.17, 15) is 4.79 Å². The smallest absolute Gasteiger partial charge is 0.265 e. The van der Waals surface area contributed by atoms with Gasteiger partial charge in [-0.15, -0.1) is 0 Å². The van der Waals surface area contributed by atoms with Gasteiger partial charge in [-0.05, 0) is 48.9 Å². The molecule has 1 aromatic heterocycles. The number of hydrogen-bond acceptors (Lipinski definition) is 4. The van der Waals surface area contributed by atoms with Gasteiger partial charge in [-0.2, -0.15) is 0 Å². The van der Waals surface area contributed by atoms with Crippen LogP contribution in [0.3, 0.4) is 0 Å². The molecule has 0 atom stereocenters. The van der Waals surface area contributed by atoms with Crippen LogP contribution in [0.2, 0.25) is 0 Å². The largest absolute Gasteiger partial charge is 0.473 e. The summed E-state index contributed by atoms with van der Waals surface area (Å²) in [5, 5.41) is 3.83. The monoisotopic (exact) mass is 387 g/mol. The summed E-state index contributed by atoms with van der Waals surface area (Å²) in [6.07, 6.45) is 1.58. The summed E-state index contributed by atoms with van der Waals surface area (Å²) < 4.78 is 7.26. The summed E-state index contributed by atoms with van der Waals surface area (Å²) in [6.45, 7) is 6.30. The van der Waals surface area contributed by atoms with E-state index in [0.29, 0.717) is 17.6 Å². The van der Waals surface area contributed by atoms with Crippen LogP contribution in [0, 0.1) is 6.92 Å². The van der Waals surface area contributed by atoms with Crippen molar-refractivity contribution >= 4 is 16.6 Å². The first-order valence-corrected chi connectivity index (χ1v) is 9.71. The lowest BCUT2D eigenvalue weighted by atomic mass is 10.1. The van der Waals surface area contributed by atoms with Crippen molar-refractivity contribution in [2.24, 2.45) is 0 Å². The number of nitrogens with zero attached hydrogens (tertiary/aromatic N) is 2. The number of ether oxygens (including phenoxy) is 1. The Morgan fingerprint density at radius 3 is 2.48 bits per heavy atom. The van der Waals surface area contributed by atoms with Crippen molar-refractivity contribution < 1.29 is 4.74 Å². The lowest BCUT2D eigenvalue weighted by Crippen LogP contribution is -2.20. The van der Waals surface area contributed by atoms with Crippen LogP contribution in [0.25, 0.3) is 16.6 Å². The minimum Gasteiger partial charge on any atom is -0.473 e. The topological polar surface area (TPSA) is 56.1 Å². The number of anilines is 1. The third kappa shape index (κ3) is 4.63. The molecule has 0 fully saturated rings. The first-order valence-electron chi connectivity index (χ1n) is 9.71. The summed E-state index contributed by atoms with van der Waals surface area (Å²) in [5.74, 6) is 0.798. The van der Waals surface area contributed by atoms with E-state index >= 15 is 0 Å². The lowest BCUT2D eigenvalue weighted by molar-refractivity contribution is 0.347. The average molecular weight is 387 g/mol. The molecule has 4 rings (SSSR count). The lowest BCUT2D eigenvalue weighted by Gasteiger charge is -2.13. The molecule has 0 bridgehead atoms. The van der Waals surface area contributed by atoms with Crippen LogP contribution in [-0.2, 0) is 0 Å². The molecular weight excluding hydrogens is 362 g/mol. The fraction of sp³-hybridized carbons (Fsp3) is 0.167. The van der Waals surface area contributed by atoms with Crippen LogP contribution < -0.4 is 15.6 Å². The van der Waals surface area contributed by atoms with E-state index in [2.05, 4.69) is 10.3 Å². The minimum atomic E-state index is -0.0821. The molecule has 5 nitrogen and oxygen atoms in total. The Kier molecular flexibility index (Phi) is 6.63. The molecule has 3 aromatic carbocycles. The predicted molar refractivity (Wildman–Crippen MR) is 119 cm³/mol. The van der Waals surface area contributed by atoms with Gasteiger partial charge in [-0.3, -0.25) is 9.36 Å². The maximum absolute atomic E-state index is 12.9. The van der Waals surface area contributed by atoms with Gasteiger partial charge in [0.25, 0.3) is 5.56 Å². The zero-order valence-corrected chi connectivity index (χ0v) is 16.9. The van der Waals surface area contributed by atoms with Crippen molar-refractivity contribution in [3.05, 3.63) is 95.0 Å².